The van der Waals surface area contributed by atoms with Gasteiger partial charge in [0.2, 0.25) is 5.95 Å². The molecule has 1 N–H and O–H groups in total. The van der Waals surface area contributed by atoms with Crippen molar-refractivity contribution in [2.24, 2.45) is 0 Å². The molecule has 0 fully saturated rings. The Kier molecular flexibility index (Phi) is 3.29. The summed E-state index contributed by atoms with van der Waals surface area (Å²) in [5, 5.41) is 7.62. The van der Waals surface area contributed by atoms with Gasteiger partial charge in [-0.05, 0) is 25.0 Å². The molecule has 0 aliphatic heterocycles. The SMILES string of the molecule is C#CCC(CC)Nc1nc2ccc(C)cn2n1. The van der Waals surface area contributed by atoms with Crippen molar-refractivity contribution in [1.29, 1.82) is 0 Å². The number of fused-ring (bicyclic) bond motifs is 1. The molecule has 1 atom stereocenters. The fourth-order valence-corrected chi connectivity index (χ4v) is 1.67. The van der Waals surface area contributed by atoms with E-state index in [0.29, 0.717) is 12.4 Å². The molecule has 0 spiro atoms. The van der Waals surface area contributed by atoms with Gasteiger partial charge in [0.15, 0.2) is 5.65 Å². The van der Waals surface area contributed by atoms with E-state index in [-0.39, 0.29) is 6.04 Å². The summed E-state index contributed by atoms with van der Waals surface area (Å²) in [7, 11) is 0. The summed E-state index contributed by atoms with van der Waals surface area (Å²) < 4.78 is 1.78. The highest BCUT2D eigenvalue weighted by Crippen LogP contribution is 2.10. The molecule has 2 aromatic heterocycles. The summed E-state index contributed by atoms with van der Waals surface area (Å²) in [4.78, 5) is 4.40. The van der Waals surface area contributed by atoms with Crippen LogP contribution in [0.3, 0.4) is 0 Å². The van der Waals surface area contributed by atoms with Gasteiger partial charge >= 0.3 is 0 Å². The first kappa shape index (κ1) is 11.5. The first-order valence-corrected chi connectivity index (χ1v) is 5.76. The smallest absolute Gasteiger partial charge is 0.243 e. The summed E-state index contributed by atoms with van der Waals surface area (Å²) in [6.45, 7) is 4.12. The van der Waals surface area contributed by atoms with Gasteiger partial charge in [-0.2, -0.15) is 4.98 Å². The van der Waals surface area contributed by atoms with Crippen LogP contribution in [-0.4, -0.2) is 20.6 Å². The van der Waals surface area contributed by atoms with Crippen LogP contribution in [0.2, 0.25) is 0 Å². The molecule has 88 valence electrons. The van der Waals surface area contributed by atoms with Crippen LogP contribution in [0.5, 0.6) is 0 Å². The molecule has 0 radical (unpaired) electrons. The van der Waals surface area contributed by atoms with Gasteiger partial charge in [0, 0.05) is 18.7 Å². The van der Waals surface area contributed by atoms with Crippen molar-refractivity contribution in [1.82, 2.24) is 14.6 Å². The fourth-order valence-electron chi connectivity index (χ4n) is 1.67. The van der Waals surface area contributed by atoms with E-state index in [1.807, 2.05) is 25.3 Å². The summed E-state index contributed by atoms with van der Waals surface area (Å²) in [5.41, 5.74) is 2.00. The molecule has 2 heterocycles. The van der Waals surface area contributed by atoms with E-state index in [4.69, 9.17) is 6.42 Å². The zero-order valence-electron chi connectivity index (χ0n) is 10.1. The van der Waals surface area contributed by atoms with E-state index >= 15 is 0 Å². The Morgan fingerprint density at radius 3 is 3.06 bits per heavy atom. The maximum Gasteiger partial charge on any atom is 0.243 e. The lowest BCUT2D eigenvalue weighted by Gasteiger charge is -2.11. The van der Waals surface area contributed by atoms with Gasteiger partial charge in [0.25, 0.3) is 0 Å². The molecule has 0 saturated carbocycles. The number of hydrogen-bond acceptors (Lipinski definition) is 3. The summed E-state index contributed by atoms with van der Waals surface area (Å²) in [6.07, 6.45) is 8.91. The molecule has 2 rings (SSSR count). The lowest BCUT2D eigenvalue weighted by Crippen LogP contribution is -2.18. The number of hydrogen-bond donors (Lipinski definition) is 1. The van der Waals surface area contributed by atoms with E-state index in [2.05, 4.69) is 28.2 Å². The third-order valence-electron chi connectivity index (χ3n) is 2.67. The van der Waals surface area contributed by atoms with Crippen molar-refractivity contribution >= 4 is 11.6 Å². The first-order valence-electron chi connectivity index (χ1n) is 5.76. The Balaban J connectivity index is 2.22. The minimum absolute atomic E-state index is 0.235. The molecule has 4 heteroatoms. The molecule has 0 aliphatic carbocycles. The lowest BCUT2D eigenvalue weighted by molar-refractivity contribution is 0.706. The molecule has 0 aliphatic rings. The number of rotatable bonds is 4. The summed E-state index contributed by atoms with van der Waals surface area (Å²) in [5.74, 6) is 3.29. The van der Waals surface area contributed by atoms with Crippen LogP contribution in [0.1, 0.15) is 25.3 Å². The van der Waals surface area contributed by atoms with Crippen LogP contribution in [-0.2, 0) is 0 Å². The molecule has 0 aromatic carbocycles. The number of nitrogens with one attached hydrogen (secondary N) is 1. The molecule has 2 aromatic rings. The normalized spacial score (nSPS) is 12.3. The standard InChI is InChI=1S/C13H16N4/c1-4-6-11(5-2)14-13-15-12-8-7-10(3)9-17(12)16-13/h1,7-9,11H,5-6H2,2-3H3,(H,14,16). The van der Waals surface area contributed by atoms with Crippen LogP contribution in [0.4, 0.5) is 5.95 Å². The largest absolute Gasteiger partial charge is 0.349 e. The number of pyridine rings is 1. The maximum atomic E-state index is 5.32. The molecule has 0 saturated heterocycles. The zero-order chi connectivity index (χ0) is 12.3. The fraction of sp³-hybridized carbons (Fsp3) is 0.385. The number of aryl methyl sites for hydroxylation is 1. The van der Waals surface area contributed by atoms with Gasteiger partial charge in [0.05, 0.1) is 0 Å². The van der Waals surface area contributed by atoms with Crippen molar-refractivity contribution < 1.29 is 0 Å². The molecular formula is C13H16N4. The van der Waals surface area contributed by atoms with Crippen LogP contribution in [0.15, 0.2) is 18.3 Å². The average Bonchev–Trinajstić information content (AvgIpc) is 2.69. The predicted octanol–water partition coefficient (Wildman–Crippen LogP) is 2.25. The topological polar surface area (TPSA) is 42.2 Å². The monoisotopic (exact) mass is 228 g/mol. The Morgan fingerprint density at radius 1 is 1.53 bits per heavy atom. The van der Waals surface area contributed by atoms with Crippen molar-refractivity contribution in [2.75, 3.05) is 5.32 Å². The van der Waals surface area contributed by atoms with Crippen LogP contribution >= 0.6 is 0 Å². The third-order valence-corrected chi connectivity index (χ3v) is 2.67. The number of terminal acetylenes is 1. The molecule has 0 bridgehead atoms. The molecule has 1 unspecified atom stereocenters. The number of nitrogens with zero attached hydrogens (tertiary/aromatic N) is 3. The Hall–Kier alpha value is -2.02. The summed E-state index contributed by atoms with van der Waals surface area (Å²) >= 11 is 0. The molecule has 17 heavy (non-hydrogen) atoms. The van der Waals surface area contributed by atoms with Crippen molar-refractivity contribution in [3.63, 3.8) is 0 Å². The maximum absolute atomic E-state index is 5.32. The summed E-state index contributed by atoms with van der Waals surface area (Å²) in [6, 6.07) is 4.21. The third kappa shape index (κ3) is 2.56. The van der Waals surface area contributed by atoms with E-state index in [0.717, 1.165) is 17.6 Å². The Bertz CT molecular complexity index is 550. The second-order valence-corrected chi connectivity index (χ2v) is 4.10. The second kappa shape index (κ2) is 4.88. The number of anilines is 1. The highest BCUT2D eigenvalue weighted by molar-refractivity contribution is 5.44. The van der Waals surface area contributed by atoms with Gasteiger partial charge in [0.1, 0.15) is 0 Å². The van der Waals surface area contributed by atoms with Gasteiger partial charge in [-0.15, -0.1) is 17.4 Å². The lowest BCUT2D eigenvalue weighted by atomic mass is 10.2. The van der Waals surface area contributed by atoms with Crippen molar-refractivity contribution in [3.8, 4) is 12.3 Å². The molecule has 4 nitrogen and oxygen atoms in total. The quantitative estimate of drug-likeness (QED) is 0.816. The highest BCUT2D eigenvalue weighted by atomic mass is 15.3. The van der Waals surface area contributed by atoms with Crippen molar-refractivity contribution in [2.45, 2.75) is 32.7 Å². The number of aromatic nitrogens is 3. The minimum Gasteiger partial charge on any atom is -0.349 e. The van der Waals surface area contributed by atoms with Gasteiger partial charge in [-0.3, -0.25) is 0 Å². The van der Waals surface area contributed by atoms with Crippen LogP contribution < -0.4 is 5.32 Å². The van der Waals surface area contributed by atoms with Gasteiger partial charge < -0.3 is 5.32 Å². The van der Waals surface area contributed by atoms with Gasteiger partial charge in [-0.1, -0.05) is 13.0 Å². The Labute approximate surface area is 101 Å². The van der Waals surface area contributed by atoms with E-state index in [9.17, 15) is 0 Å². The van der Waals surface area contributed by atoms with E-state index in [1.165, 1.54) is 0 Å². The Morgan fingerprint density at radius 2 is 2.35 bits per heavy atom. The van der Waals surface area contributed by atoms with Crippen LogP contribution in [0.25, 0.3) is 5.65 Å². The van der Waals surface area contributed by atoms with E-state index in [1.54, 1.807) is 4.52 Å². The predicted molar refractivity (Wildman–Crippen MR) is 68.9 cm³/mol. The second-order valence-electron chi connectivity index (χ2n) is 4.10. The first-order chi connectivity index (χ1) is 8.22. The molecule has 0 amide bonds. The van der Waals surface area contributed by atoms with E-state index < -0.39 is 0 Å². The molecular weight excluding hydrogens is 212 g/mol. The minimum atomic E-state index is 0.235. The van der Waals surface area contributed by atoms with Crippen molar-refractivity contribution in [3.05, 3.63) is 23.9 Å². The van der Waals surface area contributed by atoms with Gasteiger partial charge in [-0.25, -0.2) is 4.52 Å². The average molecular weight is 228 g/mol. The highest BCUT2D eigenvalue weighted by Gasteiger charge is 2.08. The van der Waals surface area contributed by atoms with Crippen LogP contribution in [0, 0.1) is 19.3 Å². The zero-order valence-corrected chi connectivity index (χ0v) is 10.1.